The highest BCUT2D eigenvalue weighted by Gasteiger charge is 2.18. The first-order valence-electron chi connectivity index (χ1n) is 8.55. The number of aryl methyl sites for hydroxylation is 1. The van der Waals surface area contributed by atoms with Crippen molar-refractivity contribution >= 4 is 18.0 Å². The van der Waals surface area contributed by atoms with Crippen LogP contribution in [0.1, 0.15) is 21.5 Å². The summed E-state index contributed by atoms with van der Waals surface area (Å²) >= 11 is 0. The van der Waals surface area contributed by atoms with Crippen LogP contribution in [0.4, 0.5) is 4.79 Å². The number of nitrogens with zero attached hydrogens (tertiary/aromatic N) is 1. The largest absolute Gasteiger partial charge is 0.415 e. The topological polar surface area (TPSA) is 55.8 Å². The van der Waals surface area contributed by atoms with Gasteiger partial charge >= 0.3 is 6.09 Å². The molecule has 3 rings (SSSR count). The predicted octanol–water partition coefficient (Wildman–Crippen LogP) is 3.72. The number of ketones is 1. The highest BCUT2D eigenvalue weighted by molar-refractivity contribution is 6.06. The third-order valence-corrected chi connectivity index (χ3v) is 4.12. The molecule has 5 nitrogen and oxygen atoms in total. The quantitative estimate of drug-likeness (QED) is 0.622. The smallest absolute Gasteiger partial charge is 0.410 e. The molecule has 1 aliphatic rings. The second-order valence-electron chi connectivity index (χ2n) is 6.10. The summed E-state index contributed by atoms with van der Waals surface area (Å²) < 4.78 is 10.6. The van der Waals surface area contributed by atoms with Gasteiger partial charge in [0.1, 0.15) is 5.75 Å². The minimum atomic E-state index is -0.369. The summed E-state index contributed by atoms with van der Waals surface area (Å²) in [5.74, 6) is 0.427. The lowest BCUT2D eigenvalue weighted by Crippen LogP contribution is -2.42. The fourth-order valence-corrected chi connectivity index (χ4v) is 2.54. The average molecular weight is 351 g/mol. The maximum atomic E-state index is 12.1. The Morgan fingerprint density at radius 3 is 2.31 bits per heavy atom. The van der Waals surface area contributed by atoms with E-state index < -0.39 is 0 Å². The standard InChI is InChI=1S/C21H21NO4/c1-16-2-7-18(8-3-16)20(23)11-6-17-4-9-19(10-5-17)26-21(24)22-12-14-25-15-13-22/h2-11H,12-15H2,1H3/b11-6+. The fourth-order valence-electron chi connectivity index (χ4n) is 2.54. The SMILES string of the molecule is Cc1ccc(C(=O)/C=C/c2ccc(OC(=O)N3CCOCC3)cc2)cc1. The Labute approximate surface area is 152 Å². The van der Waals surface area contributed by atoms with Crippen LogP contribution in [0.15, 0.2) is 54.6 Å². The van der Waals surface area contributed by atoms with Crippen LogP contribution in [0.2, 0.25) is 0 Å². The van der Waals surface area contributed by atoms with Crippen molar-refractivity contribution in [3.8, 4) is 5.75 Å². The predicted molar refractivity (Wildman–Crippen MR) is 99.4 cm³/mol. The summed E-state index contributed by atoms with van der Waals surface area (Å²) in [6.07, 6.45) is 2.92. The number of morpholine rings is 1. The van der Waals surface area contributed by atoms with Crippen molar-refractivity contribution < 1.29 is 19.1 Å². The molecule has 0 aromatic heterocycles. The highest BCUT2D eigenvalue weighted by atomic mass is 16.6. The maximum Gasteiger partial charge on any atom is 0.415 e. The third-order valence-electron chi connectivity index (χ3n) is 4.12. The third kappa shape index (κ3) is 4.80. The number of hydrogen-bond acceptors (Lipinski definition) is 4. The number of carbonyl (C=O) groups excluding carboxylic acids is 2. The summed E-state index contributed by atoms with van der Waals surface area (Å²) in [4.78, 5) is 25.8. The Balaban J connectivity index is 1.57. The van der Waals surface area contributed by atoms with Gasteiger partial charge in [0.05, 0.1) is 13.2 Å². The van der Waals surface area contributed by atoms with E-state index in [2.05, 4.69) is 0 Å². The monoisotopic (exact) mass is 351 g/mol. The molecule has 0 unspecified atom stereocenters. The Kier molecular flexibility index (Phi) is 5.81. The first-order chi connectivity index (χ1) is 12.6. The number of hydrogen-bond donors (Lipinski definition) is 0. The zero-order chi connectivity index (χ0) is 18.4. The van der Waals surface area contributed by atoms with E-state index in [1.54, 1.807) is 41.3 Å². The van der Waals surface area contributed by atoms with E-state index in [0.29, 0.717) is 37.6 Å². The first kappa shape index (κ1) is 17.9. The molecule has 1 heterocycles. The number of amides is 1. The summed E-state index contributed by atoms with van der Waals surface area (Å²) in [6, 6.07) is 14.5. The Hall–Kier alpha value is -2.92. The van der Waals surface area contributed by atoms with E-state index >= 15 is 0 Å². The van der Waals surface area contributed by atoms with Gasteiger partial charge < -0.3 is 14.4 Å². The molecule has 1 amide bonds. The van der Waals surface area contributed by atoms with Crippen LogP contribution >= 0.6 is 0 Å². The summed E-state index contributed by atoms with van der Waals surface area (Å²) in [6.45, 7) is 4.14. The Bertz CT molecular complexity index is 788. The van der Waals surface area contributed by atoms with E-state index in [0.717, 1.165) is 11.1 Å². The normalized spacial score (nSPS) is 14.4. The van der Waals surface area contributed by atoms with Gasteiger partial charge in [-0.15, -0.1) is 0 Å². The van der Waals surface area contributed by atoms with Gasteiger partial charge in [-0.25, -0.2) is 4.79 Å². The number of allylic oxidation sites excluding steroid dienone is 1. The molecule has 26 heavy (non-hydrogen) atoms. The van der Waals surface area contributed by atoms with Crippen molar-refractivity contribution in [1.82, 2.24) is 4.90 Å². The summed E-state index contributed by atoms with van der Waals surface area (Å²) in [5, 5.41) is 0. The first-order valence-corrected chi connectivity index (χ1v) is 8.55. The molecule has 0 spiro atoms. The number of benzene rings is 2. The molecule has 0 bridgehead atoms. The van der Waals surface area contributed by atoms with Gasteiger partial charge in [0, 0.05) is 18.7 Å². The van der Waals surface area contributed by atoms with Gasteiger partial charge in [-0.3, -0.25) is 4.79 Å². The number of ether oxygens (including phenoxy) is 2. The fraction of sp³-hybridized carbons (Fsp3) is 0.238. The van der Waals surface area contributed by atoms with Crippen molar-refractivity contribution in [2.75, 3.05) is 26.3 Å². The van der Waals surface area contributed by atoms with E-state index in [1.165, 1.54) is 0 Å². The van der Waals surface area contributed by atoms with Crippen molar-refractivity contribution in [3.05, 3.63) is 71.3 Å². The Morgan fingerprint density at radius 2 is 1.65 bits per heavy atom. The van der Waals surface area contributed by atoms with Crippen molar-refractivity contribution in [3.63, 3.8) is 0 Å². The molecule has 1 aliphatic heterocycles. The number of carbonyl (C=O) groups is 2. The molecule has 2 aromatic rings. The van der Waals surface area contributed by atoms with Crippen LogP contribution in [0, 0.1) is 6.92 Å². The van der Waals surface area contributed by atoms with Crippen LogP contribution in [0.3, 0.4) is 0 Å². The molecular weight excluding hydrogens is 330 g/mol. The molecule has 0 atom stereocenters. The molecule has 0 radical (unpaired) electrons. The zero-order valence-corrected chi connectivity index (χ0v) is 14.7. The highest BCUT2D eigenvalue weighted by Crippen LogP contribution is 2.15. The lowest BCUT2D eigenvalue weighted by Gasteiger charge is -2.25. The molecule has 0 saturated carbocycles. The summed E-state index contributed by atoms with van der Waals surface area (Å²) in [7, 11) is 0. The second-order valence-corrected chi connectivity index (χ2v) is 6.10. The number of rotatable bonds is 4. The summed E-state index contributed by atoms with van der Waals surface area (Å²) in [5.41, 5.74) is 2.63. The average Bonchev–Trinajstić information content (AvgIpc) is 2.68. The van der Waals surface area contributed by atoms with Crippen molar-refractivity contribution in [1.29, 1.82) is 0 Å². The molecule has 2 aromatic carbocycles. The molecule has 1 saturated heterocycles. The van der Waals surface area contributed by atoms with Gasteiger partial charge in [-0.1, -0.05) is 48.0 Å². The maximum absolute atomic E-state index is 12.1. The molecule has 134 valence electrons. The minimum absolute atomic E-state index is 0.0483. The molecule has 0 aliphatic carbocycles. The van der Waals surface area contributed by atoms with Crippen LogP contribution in [-0.2, 0) is 4.74 Å². The van der Waals surface area contributed by atoms with Gasteiger partial charge in [-0.05, 0) is 30.7 Å². The van der Waals surface area contributed by atoms with E-state index in [4.69, 9.17) is 9.47 Å². The van der Waals surface area contributed by atoms with Crippen LogP contribution in [0.5, 0.6) is 5.75 Å². The lowest BCUT2D eigenvalue weighted by atomic mass is 10.1. The van der Waals surface area contributed by atoms with Gasteiger partial charge in [0.25, 0.3) is 0 Å². The van der Waals surface area contributed by atoms with Crippen LogP contribution in [0.25, 0.3) is 6.08 Å². The van der Waals surface area contributed by atoms with Crippen LogP contribution < -0.4 is 4.74 Å². The van der Waals surface area contributed by atoms with Gasteiger partial charge in [0.15, 0.2) is 5.78 Å². The zero-order valence-electron chi connectivity index (χ0n) is 14.7. The minimum Gasteiger partial charge on any atom is -0.410 e. The van der Waals surface area contributed by atoms with Crippen molar-refractivity contribution in [2.45, 2.75) is 6.92 Å². The van der Waals surface area contributed by atoms with E-state index in [1.807, 2.05) is 31.2 Å². The van der Waals surface area contributed by atoms with Gasteiger partial charge in [0.2, 0.25) is 0 Å². The van der Waals surface area contributed by atoms with Crippen molar-refractivity contribution in [2.24, 2.45) is 0 Å². The second kappa shape index (κ2) is 8.45. The van der Waals surface area contributed by atoms with E-state index in [-0.39, 0.29) is 11.9 Å². The lowest BCUT2D eigenvalue weighted by molar-refractivity contribution is 0.0416. The molecule has 5 heteroatoms. The van der Waals surface area contributed by atoms with E-state index in [9.17, 15) is 9.59 Å². The van der Waals surface area contributed by atoms with Crippen LogP contribution in [-0.4, -0.2) is 43.1 Å². The molecule has 0 N–H and O–H groups in total. The molecule has 1 fully saturated rings. The molecular formula is C21H21NO4. The Morgan fingerprint density at radius 1 is 1.00 bits per heavy atom. The van der Waals surface area contributed by atoms with Gasteiger partial charge in [-0.2, -0.15) is 0 Å².